The van der Waals surface area contributed by atoms with E-state index >= 15 is 0 Å². The van der Waals surface area contributed by atoms with Gasteiger partial charge < -0.3 is 15.2 Å². The molecule has 142 valence electrons. The fourth-order valence-electron chi connectivity index (χ4n) is 3.61. The van der Waals surface area contributed by atoms with Crippen LogP contribution in [0.1, 0.15) is 25.7 Å². The van der Waals surface area contributed by atoms with E-state index in [4.69, 9.17) is 26.8 Å². The molecule has 1 fully saturated rings. The van der Waals surface area contributed by atoms with Gasteiger partial charge in [-0.1, -0.05) is 17.7 Å². The Morgan fingerprint density at radius 2 is 2.00 bits per heavy atom. The van der Waals surface area contributed by atoms with E-state index < -0.39 is 29.6 Å². The van der Waals surface area contributed by atoms with E-state index in [9.17, 15) is 18.0 Å². The minimum absolute atomic E-state index is 0.0424. The second kappa shape index (κ2) is 8.05. The molecule has 2 atom stereocenters. The predicted molar refractivity (Wildman–Crippen MR) is 87.2 cm³/mol. The molecule has 2 N–H and O–H groups in total. The summed E-state index contributed by atoms with van der Waals surface area (Å²) in [5, 5.41) is 0.156. The normalized spacial score (nSPS) is 33.2. The van der Waals surface area contributed by atoms with Crippen molar-refractivity contribution in [2.24, 2.45) is 28.0 Å². The van der Waals surface area contributed by atoms with E-state index in [1.807, 2.05) is 0 Å². The van der Waals surface area contributed by atoms with Crippen molar-refractivity contribution in [2.45, 2.75) is 38.1 Å². The van der Waals surface area contributed by atoms with E-state index in [0.29, 0.717) is 0 Å². The van der Waals surface area contributed by atoms with Crippen molar-refractivity contribution < 1.29 is 27.4 Å². The Kier molecular flexibility index (Phi) is 6.51. The first-order valence-corrected chi connectivity index (χ1v) is 8.49. The van der Waals surface area contributed by atoms with E-state index in [0.717, 1.165) is 0 Å². The molecule has 0 aromatic carbocycles. The highest BCUT2D eigenvalue weighted by Crippen LogP contribution is 2.49. The number of nitrogens with two attached hydrogens (primary N) is 1. The number of aliphatic imine (C=N–C) groups is 1. The zero-order valence-corrected chi connectivity index (χ0v) is 14.6. The number of rotatable bonds is 6. The van der Waals surface area contributed by atoms with Crippen molar-refractivity contribution in [3.63, 3.8) is 0 Å². The van der Waals surface area contributed by atoms with Crippen LogP contribution in [0.4, 0.5) is 13.2 Å². The van der Waals surface area contributed by atoms with Gasteiger partial charge in [0.2, 0.25) is 5.91 Å². The molecule has 1 aliphatic heterocycles. The van der Waals surface area contributed by atoms with Crippen molar-refractivity contribution >= 4 is 22.7 Å². The van der Waals surface area contributed by atoms with E-state index in [1.54, 1.807) is 6.08 Å². The minimum atomic E-state index is -4.22. The summed E-state index contributed by atoms with van der Waals surface area (Å²) in [4.78, 5) is 16.5. The number of halogens is 4. The summed E-state index contributed by atoms with van der Waals surface area (Å²) in [5.74, 6) is -2.41. The van der Waals surface area contributed by atoms with Gasteiger partial charge in [0.15, 0.2) is 6.23 Å². The maximum atomic E-state index is 12.9. The number of alkyl halides is 3. The molecule has 0 bridgehead atoms. The Bertz CT molecular complexity index is 545. The molecule has 1 saturated carbocycles. The minimum Gasteiger partial charge on any atom is -0.382 e. The van der Waals surface area contributed by atoms with Crippen molar-refractivity contribution in [1.29, 1.82) is 0 Å². The number of hydrogen-bond acceptors (Lipinski definition) is 4. The van der Waals surface area contributed by atoms with Gasteiger partial charge in [0.25, 0.3) is 0 Å². The maximum Gasteiger partial charge on any atom is 0.391 e. The van der Waals surface area contributed by atoms with Crippen molar-refractivity contribution in [3.8, 4) is 0 Å². The standard InChI is InChI=1S/C16H22ClF3N2O3/c1-24-8-9-25-14-15(13(21)23,7-6-12(17)22-14)10-2-4-11(5-3-10)16(18,19)20/h6-7,10-11,14H,2-5,8-9H2,1H3,(H2,21,23). The van der Waals surface area contributed by atoms with Crippen LogP contribution in [-0.2, 0) is 14.3 Å². The number of primary amides is 1. The van der Waals surface area contributed by atoms with Crippen LogP contribution in [0, 0.1) is 17.3 Å². The van der Waals surface area contributed by atoms with Crippen molar-refractivity contribution in [3.05, 3.63) is 12.2 Å². The Labute approximate surface area is 149 Å². The lowest BCUT2D eigenvalue weighted by molar-refractivity contribution is -0.187. The molecule has 1 aliphatic carbocycles. The van der Waals surface area contributed by atoms with E-state index in [1.165, 1.54) is 13.2 Å². The molecule has 1 heterocycles. The van der Waals surface area contributed by atoms with Crippen LogP contribution in [0.5, 0.6) is 0 Å². The summed E-state index contributed by atoms with van der Waals surface area (Å²) in [7, 11) is 1.50. The Hall–Kier alpha value is -1.12. The first kappa shape index (κ1) is 20.2. The lowest BCUT2D eigenvalue weighted by Crippen LogP contribution is -2.53. The number of ether oxygens (including phenoxy) is 2. The lowest BCUT2D eigenvalue weighted by atomic mass is 9.64. The number of nitrogens with zero attached hydrogens (tertiary/aromatic N) is 1. The number of hydrogen-bond donors (Lipinski definition) is 1. The molecule has 2 rings (SSSR count). The molecule has 5 nitrogen and oxygen atoms in total. The molecule has 0 aromatic rings. The van der Waals surface area contributed by atoms with Gasteiger partial charge in [0.05, 0.1) is 19.1 Å². The highest BCUT2D eigenvalue weighted by Gasteiger charge is 2.53. The molecule has 25 heavy (non-hydrogen) atoms. The molecule has 2 unspecified atom stereocenters. The summed E-state index contributed by atoms with van der Waals surface area (Å²) < 4.78 is 49.3. The Balaban J connectivity index is 2.22. The molecule has 2 aliphatic rings. The van der Waals surface area contributed by atoms with Gasteiger partial charge in [0, 0.05) is 7.11 Å². The summed E-state index contributed by atoms with van der Waals surface area (Å²) in [5.41, 5.74) is 4.35. The van der Waals surface area contributed by atoms with Crippen LogP contribution >= 0.6 is 11.6 Å². The van der Waals surface area contributed by atoms with Crippen LogP contribution in [-0.4, -0.2) is 43.8 Å². The molecule has 1 amide bonds. The largest absolute Gasteiger partial charge is 0.391 e. The third-order valence-corrected chi connectivity index (χ3v) is 5.23. The summed E-state index contributed by atoms with van der Waals surface area (Å²) in [6.07, 6.45) is -1.84. The van der Waals surface area contributed by atoms with Gasteiger partial charge in [-0.05, 0) is 37.7 Å². The zero-order valence-electron chi connectivity index (χ0n) is 13.9. The number of dihydropyridines is 1. The van der Waals surface area contributed by atoms with Crippen LogP contribution in [0.15, 0.2) is 17.1 Å². The molecule has 0 radical (unpaired) electrons. The first-order chi connectivity index (χ1) is 11.7. The van der Waals surface area contributed by atoms with Crippen LogP contribution < -0.4 is 5.73 Å². The molecule has 0 aromatic heterocycles. The fraction of sp³-hybridized carbons (Fsp3) is 0.750. The lowest BCUT2D eigenvalue weighted by Gasteiger charge is -2.44. The molecule has 0 saturated heterocycles. The van der Waals surface area contributed by atoms with Gasteiger partial charge >= 0.3 is 6.18 Å². The summed E-state index contributed by atoms with van der Waals surface area (Å²) >= 11 is 5.93. The SMILES string of the molecule is COCCOC1N=C(Cl)C=CC1(C(N)=O)C1CCC(C(F)(F)F)CC1. The third kappa shape index (κ3) is 4.35. The van der Waals surface area contributed by atoms with Gasteiger partial charge in [0.1, 0.15) is 10.6 Å². The highest BCUT2D eigenvalue weighted by molar-refractivity contribution is 6.68. The Morgan fingerprint density at radius 1 is 1.36 bits per heavy atom. The molecule has 9 heteroatoms. The molecular weight excluding hydrogens is 361 g/mol. The average Bonchev–Trinajstić information content (AvgIpc) is 2.54. The quantitative estimate of drug-likeness (QED) is 0.717. The first-order valence-electron chi connectivity index (χ1n) is 8.11. The topological polar surface area (TPSA) is 73.9 Å². The second-order valence-electron chi connectivity index (χ2n) is 6.39. The van der Waals surface area contributed by atoms with Crippen molar-refractivity contribution in [2.75, 3.05) is 20.3 Å². The summed E-state index contributed by atoms with van der Waals surface area (Å²) in [6, 6.07) is 0. The number of methoxy groups -OCH3 is 1. The van der Waals surface area contributed by atoms with Crippen LogP contribution in [0.2, 0.25) is 0 Å². The monoisotopic (exact) mass is 382 g/mol. The number of allylic oxidation sites excluding steroid dienone is 1. The zero-order chi connectivity index (χ0) is 18.7. The average molecular weight is 383 g/mol. The summed E-state index contributed by atoms with van der Waals surface area (Å²) in [6.45, 7) is 0.443. The van der Waals surface area contributed by atoms with Crippen LogP contribution in [0.25, 0.3) is 0 Å². The number of carbonyl (C=O) groups is 1. The van der Waals surface area contributed by atoms with E-state index in [-0.39, 0.29) is 50.0 Å². The molecule has 0 spiro atoms. The second-order valence-corrected chi connectivity index (χ2v) is 6.78. The van der Waals surface area contributed by atoms with Gasteiger partial charge in [-0.3, -0.25) is 4.79 Å². The smallest absolute Gasteiger partial charge is 0.382 e. The van der Waals surface area contributed by atoms with Crippen LogP contribution in [0.3, 0.4) is 0 Å². The van der Waals surface area contributed by atoms with Gasteiger partial charge in [-0.2, -0.15) is 13.2 Å². The molecular formula is C16H22ClF3N2O3. The Morgan fingerprint density at radius 3 is 2.52 bits per heavy atom. The predicted octanol–water partition coefficient (Wildman–Crippen LogP) is 3.02. The third-order valence-electron chi connectivity index (χ3n) is 5.00. The van der Waals surface area contributed by atoms with E-state index in [2.05, 4.69) is 4.99 Å². The number of carbonyl (C=O) groups excluding carboxylic acids is 1. The van der Waals surface area contributed by atoms with Gasteiger partial charge in [-0.15, -0.1) is 0 Å². The van der Waals surface area contributed by atoms with Gasteiger partial charge in [-0.25, -0.2) is 4.99 Å². The maximum absolute atomic E-state index is 12.9. The van der Waals surface area contributed by atoms with Crippen molar-refractivity contribution in [1.82, 2.24) is 0 Å². The fourth-order valence-corrected chi connectivity index (χ4v) is 3.76. The highest BCUT2D eigenvalue weighted by atomic mass is 35.5. The number of amides is 1.